The van der Waals surface area contributed by atoms with E-state index in [1.807, 2.05) is 48.5 Å². The van der Waals surface area contributed by atoms with Gasteiger partial charge in [0.05, 0.1) is 18.5 Å². The summed E-state index contributed by atoms with van der Waals surface area (Å²) in [5.41, 5.74) is 1.94. The van der Waals surface area contributed by atoms with Gasteiger partial charge in [-0.05, 0) is 26.0 Å². The molecule has 0 aliphatic carbocycles. The van der Waals surface area contributed by atoms with Crippen LogP contribution in [0.4, 0.5) is 11.8 Å². The van der Waals surface area contributed by atoms with Gasteiger partial charge in [0.25, 0.3) is 0 Å². The lowest BCUT2D eigenvalue weighted by molar-refractivity contribution is 0.517. The fourth-order valence-electron chi connectivity index (χ4n) is 2.23. The van der Waals surface area contributed by atoms with E-state index in [-0.39, 0.29) is 0 Å². The lowest BCUT2D eigenvalue weighted by Gasteiger charge is -2.13. The SMILES string of the molecule is CC(C)Nc1cc(-c2ccccc2)nc(NCc2ccco2)n1. The summed E-state index contributed by atoms with van der Waals surface area (Å²) in [6.07, 6.45) is 1.66. The van der Waals surface area contributed by atoms with E-state index in [1.54, 1.807) is 6.26 Å². The van der Waals surface area contributed by atoms with Gasteiger partial charge in [0.2, 0.25) is 5.95 Å². The smallest absolute Gasteiger partial charge is 0.225 e. The zero-order valence-electron chi connectivity index (χ0n) is 13.3. The molecule has 5 heteroatoms. The Morgan fingerprint density at radius 3 is 2.57 bits per heavy atom. The highest BCUT2D eigenvalue weighted by molar-refractivity contribution is 5.64. The van der Waals surface area contributed by atoms with Gasteiger partial charge in [-0.1, -0.05) is 30.3 Å². The quantitative estimate of drug-likeness (QED) is 0.715. The first-order chi connectivity index (χ1) is 11.2. The molecule has 0 fully saturated rings. The molecule has 0 aliphatic rings. The van der Waals surface area contributed by atoms with Gasteiger partial charge >= 0.3 is 0 Å². The molecule has 0 saturated heterocycles. The Kier molecular flexibility index (Phi) is 4.57. The molecule has 5 nitrogen and oxygen atoms in total. The van der Waals surface area contributed by atoms with Crippen molar-refractivity contribution in [2.24, 2.45) is 0 Å². The third kappa shape index (κ3) is 4.10. The molecule has 2 N–H and O–H groups in total. The maximum absolute atomic E-state index is 5.33. The summed E-state index contributed by atoms with van der Waals surface area (Å²) in [4.78, 5) is 9.13. The first-order valence-corrected chi connectivity index (χ1v) is 7.68. The molecule has 0 spiro atoms. The molecule has 1 aromatic carbocycles. The van der Waals surface area contributed by atoms with Crippen LogP contribution in [0.2, 0.25) is 0 Å². The summed E-state index contributed by atoms with van der Waals surface area (Å²) in [6, 6.07) is 16.1. The van der Waals surface area contributed by atoms with Crippen LogP contribution in [0.3, 0.4) is 0 Å². The summed E-state index contributed by atoms with van der Waals surface area (Å²) in [7, 11) is 0. The molecule has 23 heavy (non-hydrogen) atoms. The third-order valence-corrected chi connectivity index (χ3v) is 3.23. The molecule has 0 unspecified atom stereocenters. The van der Waals surface area contributed by atoms with Gasteiger partial charge in [-0.3, -0.25) is 0 Å². The average Bonchev–Trinajstić information content (AvgIpc) is 3.06. The van der Waals surface area contributed by atoms with Crippen molar-refractivity contribution in [2.75, 3.05) is 10.6 Å². The lowest BCUT2D eigenvalue weighted by Crippen LogP contribution is -2.13. The summed E-state index contributed by atoms with van der Waals surface area (Å²) in [5.74, 6) is 2.22. The highest BCUT2D eigenvalue weighted by Gasteiger charge is 2.08. The van der Waals surface area contributed by atoms with Gasteiger partial charge in [-0.25, -0.2) is 4.98 Å². The van der Waals surface area contributed by atoms with E-state index in [0.717, 1.165) is 22.8 Å². The fourth-order valence-corrected chi connectivity index (χ4v) is 2.23. The fraction of sp³-hybridized carbons (Fsp3) is 0.222. The molecule has 118 valence electrons. The molecule has 2 aromatic heterocycles. The van der Waals surface area contributed by atoms with Crippen molar-refractivity contribution in [1.29, 1.82) is 0 Å². The van der Waals surface area contributed by atoms with Gasteiger partial charge in [0, 0.05) is 17.7 Å². The maximum Gasteiger partial charge on any atom is 0.225 e. The first-order valence-electron chi connectivity index (χ1n) is 7.68. The van der Waals surface area contributed by atoms with Crippen molar-refractivity contribution in [3.05, 3.63) is 60.6 Å². The second-order valence-corrected chi connectivity index (χ2v) is 5.56. The number of furan rings is 1. The Morgan fingerprint density at radius 2 is 1.87 bits per heavy atom. The first kappa shape index (κ1) is 15.1. The minimum atomic E-state index is 0.298. The summed E-state index contributed by atoms with van der Waals surface area (Å²) < 4.78 is 5.33. The summed E-state index contributed by atoms with van der Waals surface area (Å²) in [5, 5.41) is 6.55. The van der Waals surface area contributed by atoms with Crippen LogP contribution in [0, 0.1) is 0 Å². The van der Waals surface area contributed by atoms with E-state index in [4.69, 9.17) is 4.42 Å². The largest absolute Gasteiger partial charge is 0.467 e. The van der Waals surface area contributed by atoms with Crippen molar-refractivity contribution in [1.82, 2.24) is 9.97 Å². The van der Waals surface area contributed by atoms with E-state index in [1.165, 1.54) is 0 Å². The van der Waals surface area contributed by atoms with Crippen molar-refractivity contribution in [3.8, 4) is 11.3 Å². The van der Waals surface area contributed by atoms with E-state index < -0.39 is 0 Å². The zero-order valence-corrected chi connectivity index (χ0v) is 13.3. The van der Waals surface area contributed by atoms with Gasteiger partial charge in [-0.15, -0.1) is 0 Å². The van der Waals surface area contributed by atoms with Gasteiger partial charge < -0.3 is 15.1 Å². The number of nitrogens with one attached hydrogen (secondary N) is 2. The number of nitrogens with zero attached hydrogens (tertiary/aromatic N) is 2. The number of hydrogen-bond donors (Lipinski definition) is 2. The van der Waals surface area contributed by atoms with E-state index >= 15 is 0 Å². The van der Waals surface area contributed by atoms with Crippen LogP contribution in [0.25, 0.3) is 11.3 Å². The van der Waals surface area contributed by atoms with Crippen molar-refractivity contribution < 1.29 is 4.42 Å². The van der Waals surface area contributed by atoms with Crippen LogP contribution in [0.15, 0.2) is 59.2 Å². The molecule has 0 atom stereocenters. The van der Waals surface area contributed by atoms with Crippen LogP contribution >= 0.6 is 0 Å². The average molecular weight is 308 g/mol. The molecule has 0 amide bonds. The van der Waals surface area contributed by atoms with Crippen molar-refractivity contribution in [3.63, 3.8) is 0 Å². The number of benzene rings is 1. The Hall–Kier alpha value is -2.82. The number of rotatable bonds is 6. The molecule has 3 rings (SSSR count). The van der Waals surface area contributed by atoms with Crippen LogP contribution in [0.5, 0.6) is 0 Å². The highest BCUT2D eigenvalue weighted by Crippen LogP contribution is 2.22. The van der Waals surface area contributed by atoms with E-state index in [9.17, 15) is 0 Å². The van der Waals surface area contributed by atoms with E-state index in [2.05, 4.69) is 34.4 Å². The van der Waals surface area contributed by atoms with Crippen LogP contribution < -0.4 is 10.6 Å². The molecule has 2 heterocycles. The molecule has 0 saturated carbocycles. The Morgan fingerprint density at radius 1 is 1.04 bits per heavy atom. The lowest BCUT2D eigenvalue weighted by atomic mass is 10.1. The topological polar surface area (TPSA) is 63.0 Å². The molecule has 0 bridgehead atoms. The summed E-state index contributed by atoms with van der Waals surface area (Å²) in [6.45, 7) is 4.72. The molecule has 0 radical (unpaired) electrons. The third-order valence-electron chi connectivity index (χ3n) is 3.23. The van der Waals surface area contributed by atoms with Crippen molar-refractivity contribution in [2.45, 2.75) is 26.4 Å². The predicted molar refractivity (Wildman–Crippen MR) is 92.3 cm³/mol. The molecular formula is C18H20N4O. The van der Waals surface area contributed by atoms with Gasteiger partial charge in [0.15, 0.2) is 0 Å². The maximum atomic E-state index is 5.33. The zero-order chi connectivity index (χ0) is 16.1. The highest BCUT2D eigenvalue weighted by atomic mass is 16.3. The summed E-state index contributed by atoms with van der Waals surface area (Å²) >= 11 is 0. The normalized spacial score (nSPS) is 10.7. The second kappa shape index (κ2) is 6.96. The molecular weight excluding hydrogens is 288 g/mol. The van der Waals surface area contributed by atoms with Crippen molar-refractivity contribution >= 4 is 11.8 Å². The van der Waals surface area contributed by atoms with Crippen LogP contribution in [-0.4, -0.2) is 16.0 Å². The van der Waals surface area contributed by atoms with Crippen LogP contribution in [0.1, 0.15) is 19.6 Å². The minimum absolute atomic E-state index is 0.298. The molecule has 0 aliphatic heterocycles. The predicted octanol–water partition coefficient (Wildman–Crippen LogP) is 4.17. The number of aromatic nitrogens is 2. The molecule has 3 aromatic rings. The Bertz CT molecular complexity index is 739. The minimum Gasteiger partial charge on any atom is -0.467 e. The standard InChI is InChI=1S/C18H20N4O/c1-13(2)20-17-11-16(14-7-4-3-5-8-14)21-18(22-17)19-12-15-9-6-10-23-15/h3-11,13H,12H2,1-2H3,(H2,19,20,21,22). The van der Waals surface area contributed by atoms with Gasteiger partial charge in [0.1, 0.15) is 11.6 Å². The van der Waals surface area contributed by atoms with Crippen LogP contribution in [-0.2, 0) is 6.54 Å². The Balaban J connectivity index is 1.88. The monoisotopic (exact) mass is 308 g/mol. The Labute approximate surface area is 135 Å². The second-order valence-electron chi connectivity index (χ2n) is 5.56. The number of anilines is 2. The van der Waals surface area contributed by atoms with Gasteiger partial charge in [-0.2, -0.15) is 4.98 Å². The number of hydrogen-bond acceptors (Lipinski definition) is 5. The van der Waals surface area contributed by atoms with E-state index in [0.29, 0.717) is 18.5 Å².